The molecule has 2 aliphatic rings. The minimum atomic E-state index is -0.806. The van der Waals surface area contributed by atoms with Gasteiger partial charge in [-0.1, -0.05) is 12.1 Å². The molecule has 5 amide bonds. The second-order valence-corrected chi connectivity index (χ2v) is 5.92. The molecule has 0 atom stereocenters. The molecule has 0 aliphatic carbocycles. The van der Waals surface area contributed by atoms with Crippen molar-refractivity contribution in [2.75, 3.05) is 19.6 Å². The zero-order chi connectivity index (χ0) is 17.3. The average molecular weight is 329 g/mol. The summed E-state index contributed by atoms with van der Waals surface area (Å²) in [5, 5.41) is 0. The second-order valence-electron chi connectivity index (χ2n) is 5.92. The van der Waals surface area contributed by atoms with Crippen LogP contribution in [-0.4, -0.2) is 58.1 Å². The summed E-state index contributed by atoms with van der Waals surface area (Å²) in [6, 6.07) is 6.22. The fourth-order valence-electron chi connectivity index (χ4n) is 3.01. The largest absolute Gasteiger partial charge is 0.339 e. The number of rotatable bonds is 4. The quantitative estimate of drug-likeness (QED) is 0.615. The van der Waals surface area contributed by atoms with Gasteiger partial charge in [-0.2, -0.15) is 0 Å². The topological polar surface area (TPSA) is 78.0 Å². The van der Waals surface area contributed by atoms with Gasteiger partial charge in [-0.25, -0.2) is 4.79 Å². The Kier molecular flexibility index (Phi) is 4.33. The number of hydrogen-bond acceptors (Lipinski definition) is 4. The van der Waals surface area contributed by atoms with Crippen LogP contribution in [0, 0.1) is 0 Å². The van der Waals surface area contributed by atoms with E-state index in [0.29, 0.717) is 11.1 Å². The molecule has 2 saturated heterocycles. The van der Waals surface area contributed by atoms with E-state index in [0.717, 1.165) is 35.7 Å². The zero-order valence-corrected chi connectivity index (χ0v) is 13.5. The molecule has 3 rings (SSSR count). The van der Waals surface area contributed by atoms with Crippen molar-refractivity contribution in [2.45, 2.75) is 26.3 Å². The molecule has 24 heavy (non-hydrogen) atoms. The lowest BCUT2D eigenvalue weighted by molar-refractivity contribution is -0.143. The Morgan fingerprint density at radius 2 is 1.54 bits per heavy atom. The lowest BCUT2D eigenvalue weighted by Crippen LogP contribution is -2.32. The van der Waals surface area contributed by atoms with Gasteiger partial charge in [0.05, 0.1) is 6.54 Å². The van der Waals surface area contributed by atoms with Crippen molar-refractivity contribution in [2.24, 2.45) is 0 Å². The van der Waals surface area contributed by atoms with Gasteiger partial charge in [0, 0.05) is 25.2 Å². The van der Waals surface area contributed by atoms with Gasteiger partial charge in [0.1, 0.15) is 0 Å². The molecule has 2 aliphatic heterocycles. The van der Waals surface area contributed by atoms with Crippen molar-refractivity contribution in [3.05, 3.63) is 35.4 Å². The maximum absolute atomic E-state index is 12.3. The summed E-state index contributed by atoms with van der Waals surface area (Å²) in [4.78, 5) is 51.6. The maximum Gasteiger partial charge on any atom is 0.334 e. The van der Waals surface area contributed by atoms with Gasteiger partial charge in [0.25, 0.3) is 5.91 Å². The third-order valence-corrected chi connectivity index (χ3v) is 4.39. The predicted molar refractivity (Wildman–Crippen MR) is 84.9 cm³/mol. The second kappa shape index (κ2) is 6.43. The van der Waals surface area contributed by atoms with Crippen LogP contribution in [0.25, 0.3) is 0 Å². The molecule has 0 unspecified atom stereocenters. The zero-order valence-electron chi connectivity index (χ0n) is 13.5. The van der Waals surface area contributed by atoms with E-state index in [-0.39, 0.29) is 19.0 Å². The van der Waals surface area contributed by atoms with E-state index >= 15 is 0 Å². The van der Waals surface area contributed by atoms with Crippen molar-refractivity contribution in [3.63, 3.8) is 0 Å². The average Bonchev–Trinajstić information content (AvgIpc) is 3.19. The third kappa shape index (κ3) is 2.77. The Hall–Kier alpha value is -2.70. The summed E-state index contributed by atoms with van der Waals surface area (Å²) in [7, 11) is 0. The number of urea groups is 1. The summed E-state index contributed by atoms with van der Waals surface area (Å²) in [5.74, 6) is -1.60. The summed E-state index contributed by atoms with van der Waals surface area (Å²) >= 11 is 0. The number of hydrogen-bond donors (Lipinski definition) is 0. The van der Waals surface area contributed by atoms with Crippen LogP contribution < -0.4 is 0 Å². The van der Waals surface area contributed by atoms with Crippen LogP contribution in [0.5, 0.6) is 0 Å². The number of likely N-dealkylation sites (tertiary alicyclic amines) is 1. The van der Waals surface area contributed by atoms with E-state index in [1.807, 2.05) is 4.90 Å². The van der Waals surface area contributed by atoms with Crippen molar-refractivity contribution < 1.29 is 19.2 Å². The number of carbonyl (C=O) groups excluding carboxylic acids is 4. The molecule has 2 fully saturated rings. The Morgan fingerprint density at radius 1 is 0.958 bits per heavy atom. The fourth-order valence-corrected chi connectivity index (χ4v) is 3.01. The van der Waals surface area contributed by atoms with Crippen LogP contribution in [-0.2, 0) is 16.1 Å². The first kappa shape index (κ1) is 16.2. The third-order valence-electron chi connectivity index (χ3n) is 4.39. The first-order chi connectivity index (χ1) is 11.5. The normalized spacial score (nSPS) is 18.0. The fraction of sp³-hybridized carbons (Fsp3) is 0.412. The molecule has 0 bridgehead atoms. The Balaban J connectivity index is 1.70. The van der Waals surface area contributed by atoms with Gasteiger partial charge >= 0.3 is 17.8 Å². The first-order valence-electron chi connectivity index (χ1n) is 8.08. The molecule has 0 saturated carbocycles. The molecule has 0 spiro atoms. The van der Waals surface area contributed by atoms with Crippen LogP contribution in [0.15, 0.2) is 24.3 Å². The van der Waals surface area contributed by atoms with E-state index in [4.69, 9.17) is 0 Å². The Morgan fingerprint density at radius 3 is 2.08 bits per heavy atom. The van der Waals surface area contributed by atoms with E-state index in [9.17, 15) is 19.2 Å². The number of benzene rings is 1. The minimum Gasteiger partial charge on any atom is -0.339 e. The van der Waals surface area contributed by atoms with Crippen molar-refractivity contribution >= 4 is 23.8 Å². The molecule has 1 aromatic rings. The van der Waals surface area contributed by atoms with Crippen LogP contribution in [0.2, 0.25) is 0 Å². The molecule has 7 nitrogen and oxygen atoms in total. The van der Waals surface area contributed by atoms with E-state index in [1.165, 1.54) is 0 Å². The number of likely N-dealkylation sites (N-methyl/N-ethyl adjacent to an activating group) is 1. The number of amides is 5. The van der Waals surface area contributed by atoms with Crippen LogP contribution >= 0.6 is 0 Å². The molecule has 0 radical (unpaired) electrons. The minimum absolute atomic E-state index is 0.000267. The summed E-state index contributed by atoms with van der Waals surface area (Å²) in [6.07, 6.45) is 2.07. The standard InChI is InChI=1S/C17H19N3O4/c1-2-19-15(22)16(23)20(17(19)24)11-12-5-7-13(8-6-12)14(21)18-9-3-4-10-18/h5-8H,2-4,9-11H2,1H3. The maximum atomic E-state index is 12.3. The van der Waals surface area contributed by atoms with Crippen molar-refractivity contribution in [1.29, 1.82) is 0 Å². The lowest BCUT2D eigenvalue weighted by Gasteiger charge is -2.16. The lowest BCUT2D eigenvalue weighted by atomic mass is 10.1. The highest BCUT2D eigenvalue weighted by atomic mass is 16.2. The first-order valence-corrected chi connectivity index (χ1v) is 8.08. The summed E-state index contributed by atoms with van der Waals surface area (Å²) in [6.45, 7) is 3.41. The molecular weight excluding hydrogens is 310 g/mol. The molecule has 126 valence electrons. The van der Waals surface area contributed by atoms with E-state index < -0.39 is 17.8 Å². The van der Waals surface area contributed by atoms with E-state index in [2.05, 4.69) is 0 Å². The van der Waals surface area contributed by atoms with Crippen LogP contribution in [0.4, 0.5) is 4.79 Å². The van der Waals surface area contributed by atoms with Crippen molar-refractivity contribution in [3.8, 4) is 0 Å². The monoisotopic (exact) mass is 329 g/mol. The summed E-state index contributed by atoms with van der Waals surface area (Å²) in [5.41, 5.74) is 1.28. The summed E-state index contributed by atoms with van der Waals surface area (Å²) < 4.78 is 0. The molecular formula is C17H19N3O4. The Labute approximate surface area is 139 Å². The number of carbonyl (C=O) groups is 4. The molecule has 1 aromatic carbocycles. The molecule has 7 heteroatoms. The highest BCUT2D eigenvalue weighted by Crippen LogP contribution is 2.17. The molecule has 0 N–H and O–H groups in total. The SMILES string of the molecule is CCN1C(=O)C(=O)N(Cc2ccc(C(=O)N3CCCC3)cc2)C1=O. The highest BCUT2D eigenvalue weighted by molar-refractivity contribution is 6.44. The van der Waals surface area contributed by atoms with Gasteiger partial charge in [0.2, 0.25) is 0 Å². The number of imide groups is 2. The number of nitrogens with zero attached hydrogens (tertiary/aromatic N) is 3. The van der Waals surface area contributed by atoms with E-state index in [1.54, 1.807) is 31.2 Å². The van der Waals surface area contributed by atoms with Gasteiger partial charge < -0.3 is 4.90 Å². The smallest absolute Gasteiger partial charge is 0.334 e. The van der Waals surface area contributed by atoms with Gasteiger partial charge in [-0.15, -0.1) is 0 Å². The van der Waals surface area contributed by atoms with Crippen molar-refractivity contribution in [1.82, 2.24) is 14.7 Å². The van der Waals surface area contributed by atoms with Crippen LogP contribution in [0.3, 0.4) is 0 Å². The molecule has 0 aromatic heterocycles. The van der Waals surface area contributed by atoms with Gasteiger partial charge in [0.15, 0.2) is 0 Å². The highest BCUT2D eigenvalue weighted by Gasteiger charge is 2.43. The van der Waals surface area contributed by atoms with Gasteiger partial charge in [-0.05, 0) is 37.5 Å². The predicted octanol–water partition coefficient (Wildman–Crippen LogP) is 1.23. The molecule has 2 heterocycles. The van der Waals surface area contributed by atoms with Crippen LogP contribution in [0.1, 0.15) is 35.7 Å². The Bertz CT molecular complexity index is 692. The van der Waals surface area contributed by atoms with Gasteiger partial charge in [-0.3, -0.25) is 24.2 Å².